The van der Waals surface area contributed by atoms with E-state index in [2.05, 4.69) is 20.8 Å². The van der Waals surface area contributed by atoms with Crippen molar-refractivity contribution >= 4 is 31.7 Å². The van der Waals surface area contributed by atoms with Crippen LogP contribution in [0.25, 0.3) is 0 Å². The van der Waals surface area contributed by atoms with E-state index in [1.165, 1.54) is 40.6 Å². The molecule has 15 aliphatic rings. The summed E-state index contributed by atoms with van der Waals surface area (Å²) in [6.45, 7) is 13.2. The van der Waals surface area contributed by atoms with Gasteiger partial charge < -0.3 is 42.6 Å². The van der Waals surface area contributed by atoms with Crippen LogP contribution in [-0.4, -0.2) is 138 Å². The lowest BCUT2D eigenvalue weighted by atomic mass is 9.59. The van der Waals surface area contributed by atoms with Crippen molar-refractivity contribution in [2.75, 3.05) is 57.8 Å². The molecule has 12 heterocycles. The second-order valence-electron chi connectivity index (χ2n) is 27.1. The minimum absolute atomic E-state index is 0.0110. The van der Waals surface area contributed by atoms with E-state index in [4.69, 9.17) is 81.4 Å². The molecule has 6 bridgehead atoms. The molecular formula is C63H82F9NO18S3. The summed E-state index contributed by atoms with van der Waals surface area (Å²) >= 11 is 0. The number of alkyl halides is 9. The fraction of sp³-hybridized carbons (Fsp3) is 0.794. The zero-order chi connectivity index (χ0) is 67.7. The third-order valence-electron chi connectivity index (χ3n) is 21.0. The predicted molar refractivity (Wildman–Crippen MR) is 314 cm³/mol. The maximum absolute atomic E-state index is 14.4. The van der Waals surface area contributed by atoms with Gasteiger partial charge in [-0.2, -0.15) is 53.2 Å². The summed E-state index contributed by atoms with van der Waals surface area (Å²) in [7, 11) is -1.15. The van der Waals surface area contributed by atoms with Crippen LogP contribution in [0.4, 0.5) is 39.5 Å². The van der Waals surface area contributed by atoms with Gasteiger partial charge in [-0.05, 0) is 115 Å². The summed E-state index contributed by atoms with van der Waals surface area (Å²) in [5.41, 5.74) is -2.80. The highest BCUT2D eigenvalue weighted by Gasteiger charge is 2.74. The molecule has 0 N–H and O–H groups in total. The Morgan fingerprint density at radius 1 is 0.511 bits per heavy atom. The average molecular weight is 1410 g/mol. The molecule has 3 unspecified atom stereocenters. The number of nitrogens with zero attached hydrogens (tertiary/aromatic N) is 1. The average Bonchev–Trinajstić information content (AvgIpc) is 1.32. The number of fused-ring (bicyclic) bond motifs is 6. The van der Waals surface area contributed by atoms with Crippen molar-refractivity contribution in [1.82, 2.24) is 0 Å². The van der Waals surface area contributed by atoms with Crippen LogP contribution in [0.5, 0.6) is 0 Å². The highest BCUT2D eigenvalue weighted by Crippen LogP contribution is 2.65. The normalized spacial score (nSPS) is 39.5. The van der Waals surface area contributed by atoms with Crippen LogP contribution in [0.1, 0.15) is 131 Å². The number of ether oxygens (including phenoxy) is 9. The van der Waals surface area contributed by atoms with Gasteiger partial charge in [-0.1, -0.05) is 60.1 Å². The number of rotatable bonds is 18. The monoisotopic (exact) mass is 1410 g/mol. The second-order valence-corrected chi connectivity index (χ2v) is 31.4. The van der Waals surface area contributed by atoms with Crippen molar-refractivity contribution in [2.45, 2.75) is 209 Å². The Bertz CT molecular complexity index is 3050. The fourth-order valence-electron chi connectivity index (χ4n) is 16.5. The number of aryl methyl sites for hydroxylation is 1. The van der Waals surface area contributed by atoms with Crippen LogP contribution >= 0.6 is 21.6 Å². The van der Waals surface area contributed by atoms with Gasteiger partial charge in [-0.25, -0.2) is 29.3 Å². The maximum Gasteiger partial charge on any atom is 0.449 e. The van der Waals surface area contributed by atoms with Gasteiger partial charge in [0.2, 0.25) is 53.5 Å². The van der Waals surface area contributed by atoms with Gasteiger partial charge >= 0.3 is 18.5 Å². The van der Waals surface area contributed by atoms with E-state index >= 15 is 0 Å². The van der Waals surface area contributed by atoms with Crippen LogP contribution in [0, 0.1) is 71.5 Å². The van der Waals surface area contributed by atoms with Crippen molar-refractivity contribution in [2.24, 2.45) is 53.3 Å². The van der Waals surface area contributed by atoms with E-state index in [9.17, 15) is 47.9 Å². The molecule has 3 aliphatic carbocycles. The highest BCUT2D eigenvalue weighted by molar-refractivity contribution is 8.76. The van der Waals surface area contributed by atoms with Crippen molar-refractivity contribution in [3.05, 3.63) is 63.8 Å². The standard InChI is InChI=1S/C36H48F6O10S2.C25H31F3O8S.C2H3N/c1-19-5-7-25-21(27(35(37,38)39)45-29-33(25)23(19)9-11-31(3,47-29)49-51-33)17-43-13-15-53-54-16-14-44-18-22-26-8-6-20(2)24-10-12-32(4)48-30(34(24,26)52-50-32)46-28(22)36(40,41)42;1-15-4-7-17(8-5-15)37(29,30)32-13-12-31-14-18-20-9-6-16(2)19-10-11-23(3)34-22(24(19,20)36-35-23)33-21(18)25(26,27)28;1-2-3/h19-20,23-26,29-30H,5-18H2,1-4H3;4-5,7-8,16,19-20,22H,6,9-14H2,1-3H3;1H3/t19-,20-,23?,24?,25+,26+,29-,30-,31+,32+,33-,34-;16-,19?,20+,22-,23+,24-;/m11./s1. The van der Waals surface area contributed by atoms with E-state index in [0.29, 0.717) is 75.7 Å². The van der Waals surface area contributed by atoms with E-state index < -0.39 is 123 Å². The lowest BCUT2D eigenvalue weighted by Crippen LogP contribution is -2.67. The molecule has 1 aromatic rings. The topological polar surface area (TPSA) is 206 Å². The van der Waals surface area contributed by atoms with Crippen molar-refractivity contribution < 1.29 is 124 Å². The zero-order valence-corrected chi connectivity index (χ0v) is 56.0. The Labute approximate surface area is 548 Å². The Morgan fingerprint density at radius 3 is 1.15 bits per heavy atom. The molecule has 16 rings (SSSR count). The SMILES string of the molecule is CC#N.C[C@@H]1CC[C@H]2C(COCCSSCCOCC3=C(C(F)(F)F)O[C@@H]4O[C@]5(C)CCC6[C@H](C)CC[C@@H]3[C@]64OO5)=C(C(F)(F)F)O[C@@H]3O[C@]4(C)CCC1[C@]32OO4.Cc1ccc(S(=O)(=O)OCCOCC2=C(C(F)(F)F)O[C@@H]3O[C@]4(C)CCC5[C@H](C)CC[C@@H]2[C@]53OO4)cc1. The van der Waals surface area contributed by atoms with Crippen molar-refractivity contribution in [3.63, 3.8) is 0 Å². The first-order valence-corrected chi connectivity index (χ1v) is 36.0. The Morgan fingerprint density at radius 2 is 0.830 bits per heavy atom. The smallest absolute Gasteiger partial charge is 0.449 e. The Balaban J connectivity index is 0.000000196. The maximum atomic E-state index is 14.4. The number of allylic oxidation sites excluding steroid dienone is 3. The van der Waals surface area contributed by atoms with E-state index in [0.717, 1.165) is 18.4 Å². The van der Waals surface area contributed by atoms with Gasteiger partial charge in [0.25, 0.3) is 10.1 Å². The third-order valence-corrected chi connectivity index (χ3v) is 24.7. The molecule has 528 valence electrons. The predicted octanol–water partition coefficient (Wildman–Crippen LogP) is 13.8. The molecule has 12 fully saturated rings. The number of hydrogen-bond donors (Lipinski definition) is 0. The van der Waals surface area contributed by atoms with Crippen molar-refractivity contribution in [1.29, 1.82) is 5.26 Å². The first-order chi connectivity index (χ1) is 44.3. The van der Waals surface area contributed by atoms with Gasteiger partial charge in [-0.15, -0.1) is 0 Å². The molecule has 3 saturated carbocycles. The summed E-state index contributed by atoms with van der Waals surface area (Å²) in [5, 5.41) is 7.32. The summed E-state index contributed by atoms with van der Waals surface area (Å²) in [6, 6.07) is 7.88. The number of hydrogen-bond acceptors (Lipinski definition) is 21. The largest absolute Gasteiger partial charge is 0.456 e. The highest BCUT2D eigenvalue weighted by atomic mass is 33.1. The van der Waals surface area contributed by atoms with Crippen LogP contribution in [-0.2, 0) is 86.3 Å². The second kappa shape index (κ2) is 27.4. The van der Waals surface area contributed by atoms with Gasteiger partial charge in [0, 0.05) is 89.9 Å². The molecule has 12 aliphatic heterocycles. The van der Waals surface area contributed by atoms with Gasteiger partial charge in [0.1, 0.15) is 0 Å². The molecular weight excluding hydrogens is 1330 g/mol. The number of nitriles is 1. The summed E-state index contributed by atoms with van der Waals surface area (Å²) in [4.78, 5) is 35.0. The molecule has 1 aromatic carbocycles. The molecule has 0 radical (unpaired) electrons. The number of halogens is 9. The van der Waals surface area contributed by atoms with Crippen LogP contribution in [0.2, 0.25) is 0 Å². The zero-order valence-electron chi connectivity index (χ0n) is 53.5. The van der Waals surface area contributed by atoms with Crippen LogP contribution < -0.4 is 0 Å². The van der Waals surface area contributed by atoms with E-state index in [1.54, 1.807) is 39.0 Å². The van der Waals surface area contributed by atoms with Crippen LogP contribution in [0.3, 0.4) is 0 Å². The summed E-state index contributed by atoms with van der Waals surface area (Å²) in [5.74, 6) is -7.80. The first kappa shape index (κ1) is 72.1. The molecule has 3 spiro atoms. The fourth-order valence-corrected chi connectivity index (χ4v) is 19.2. The lowest BCUT2D eigenvalue weighted by molar-refractivity contribution is -0.558. The minimum atomic E-state index is -4.78. The molecule has 9 saturated heterocycles. The minimum Gasteiger partial charge on any atom is -0.456 e. The van der Waals surface area contributed by atoms with E-state index in [-0.39, 0.29) is 96.8 Å². The summed E-state index contributed by atoms with van der Waals surface area (Å²) in [6.07, 6.45) is -11.1. The summed E-state index contributed by atoms with van der Waals surface area (Å²) < 4.78 is 211. The molecule has 0 aromatic heterocycles. The quantitative estimate of drug-likeness (QED) is 0.0440. The molecule has 18 atom stereocenters. The number of benzene rings is 1. The Hall–Kier alpha value is -3.17. The first-order valence-electron chi connectivity index (χ1n) is 32.1. The lowest BCUT2D eigenvalue weighted by Gasteiger charge is -2.57. The third kappa shape index (κ3) is 13.7. The van der Waals surface area contributed by atoms with Crippen LogP contribution in [0.15, 0.2) is 63.2 Å². The van der Waals surface area contributed by atoms with Crippen molar-refractivity contribution in [3.8, 4) is 6.07 Å². The van der Waals surface area contributed by atoms with E-state index in [1.807, 2.05) is 6.92 Å². The van der Waals surface area contributed by atoms with Gasteiger partial charge in [0.15, 0.2) is 16.8 Å². The molecule has 19 nitrogen and oxygen atoms in total. The van der Waals surface area contributed by atoms with Gasteiger partial charge in [-0.3, -0.25) is 4.18 Å². The Kier molecular flexibility index (Phi) is 21.0. The van der Waals surface area contributed by atoms with Gasteiger partial charge in [0.05, 0.1) is 57.2 Å². The molecule has 0 amide bonds. The molecule has 94 heavy (non-hydrogen) atoms. The molecule has 31 heteroatoms.